The molecule has 2 N–H and O–H groups in total. The van der Waals surface area contributed by atoms with Crippen molar-refractivity contribution in [1.82, 2.24) is 0 Å². The predicted octanol–water partition coefficient (Wildman–Crippen LogP) is 3.08. The number of nitrogens with two attached hydrogens (primary N) is 1. The minimum atomic E-state index is -0.506. The van der Waals surface area contributed by atoms with Crippen molar-refractivity contribution in [3.8, 4) is 0 Å². The third kappa shape index (κ3) is 3.47. The maximum Gasteiger partial charge on any atom is 0.339 e. The van der Waals surface area contributed by atoms with Crippen molar-refractivity contribution in [3.63, 3.8) is 0 Å². The molecule has 0 saturated carbocycles. The summed E-state index contributed by atoms with van der Waals surface area (Å²) in [4.78, 5) is 23.8. The van der Waals surface area contributed by atoms with Crippen LogP contribution in [0.3, 0.4) is 0 Å². The molecule has 1 atom stereocenters. The van der Waals surface area contributed by atoms with Gasteiger partial charge in [0.05, 0.1) is 24.3 Å². The van der Waals surface area contributed by atoms with E-state index in [-0.39, 0.29) is 17.0 Å². The van der Waals surface area contributed by atoms with Crippen molar-refractivity contribution in [2.24, 2.45) is 0 Å². The van der Waals surface area contributed by atoms with Gasteiger partial charge in [0.2, 0.25) is 0 Å². The monoisotopic (exact) mass is 275 g/mol. The topological polar surface area (TPSA) is 69.4 Å². The molecule has 0 aliphatic rings. The number of para-hydroxylation sites is 1. The largest absolute Gasteiger partial charge is 0.465 e. The van der Waals surface area contributed by atoms with E-state index in [0.717, 1.165) is 12.8 Å². The van der Waals surface area contributed by atoms with Crippen LogP contribution in [0, 0.1) is 0 Å². The van der Waals surface area contributed by atoms with Gasteiger partial charge in [-0.05, 0) is 18.1 Å². The Labute approximate surface area is 119 Å². The molecule has 0 heterocycles. The number of benzene rings is 1. The highest BCUT2D eigenvalue weighted by Gasteiger charge is 2.22. The number of nitrogen functional groups attached to an aromatic ring is 1. The minimum absolute atomic E-state index is 0.0653. The molecule has 0 aliphatic carbocycles. The van der Waals surface area contributed by atoms with Gasteiger partial charge in [0.1, 0.15) is 5.78 Å². The van der Waals surface area contributed by atoms with Crippen LogP contribution in [0.2, 0.25) is 0 Å². The molecule has 0 aromatic heterocycles. The Morgan fingerprint density at radius 1 is 1.45 bits per heavy atom. The lowest BCUT2D eigenvalue weighted by Gasteiger charge is -2.16. The second kappa shape index (κ2) is 7.48. The highest BCUT2D eigenvalue weighted by Crippen LogP contribution is 2.28. The van der Waals surface area contributed by atoms with Crippen molar-refractivity contribution in [3.05, 3.63) is 42.0 Å². The lowest BCUT2D eigenvalue weighted by molar-refractivity contribution is -0.119. The molecule has 1 unspecified atom stereocenters. The maximum absolute atomic E-state index is 12.2. The zero-order chi connectivity index (χ0) is 15.1. The third-order valence-corrected chi connectivity index (χ3v) is 3.24. The standard InChI is InChI=1S/C16H21NO3/c1-4-6-10-14(18)11(5-2)12-8-7-9-13(15(12)17)16(19)20-3/h5,7-9,11H,2,4,6,10,17H2,1,3H3. The van der Waals surface area contributed by atoms with Gasteiger partial charge in [-0.2, -0.15) is 0 Å². The van der Waals surface area contributed by atoms with E-state index in [2.05, 4.69) is 11.3 Å². The first-order chi connectivity index (χ1) is 9.56. The number of carbonyl (C=O) groups excluding carboxylic acids is 2. The molecule has 0 amide bonds. The predicted molar refractivity (Wildman–Crippen MR) is 79.7 cm³/mol. The van der Waals surface area contributed by atoms with Crippen LogP contribution in [-0.4, -0.2) is 18.9 Å². The average molecular weight is 275 g/mol. The van der Waals surface area contributed by atoms with E-state index in [9.17, 15) is 9.59 Å². The number of allylic oxidation sites excluding steroid dienone is 1. The van der Waals surface area contributed by atoms with Gasteiger partial charge in [0.25, 0.3) is 0 Å². The number of anilines is 1. The molecule has 0 fully saturated rings. The van der Waals surface area contributed by atoms with Crippen LogP contribution in [0.25, 0.3) is 0 Å². The number of unbranched alkanes of at least 4 members (excludes halogenated alkanes) is 1. The zero-order valence-electron chi connectivity index (χ0n) is 12.0. The second-order valence-corrected chi connectivity index (χ2v) is 4.58. The van der Waals surface area contributed by atoms with Crippen LogP contribution < -0.4 is 5.73 Å². The van der Waals surface area contributed by atoms with Gasteiger partial charge in [-0.3, -0.25) is 4.79 Å². The molecule has 4 heteroatoms. The summed E-state index contributed by atoms with van der Waals surface area (Å²) in [5, 5.41) is 0. The molecular weight excluding hydrogens is 254 g/mol. The average Bonchev–Trinajstić information content (AvgIpc) is 2.46. The Balaban J connectivity index is 3.13. The van der Waals surface area contributed by atoms with Crippen molar-refractivity contribution in [2.75, 3.05) is 12.8 Å². The number of carbonyl (C=O) groups is 2. The summed E-state index contributed by atoms with van der Waals surface area (Å²) in [6, 6.07) is 5.03. The number of Topliss-reactive ketones (excluding diaryl/α,β-unsaturated/α-hetero) is 1. The Bertz CT molecular complexity index is 508. The summed E-state index contributed by atoms with van der Waals surface area (Å²) >= 11 is 0. The fourth-order valence-electron chi connectivity index (χ4n) is 2.08. The van der Waals surface area contributed by atoms with E-state index < -0.39 is 11.9 Å². The fourth-order valence-corrected chi connectivity index (χ4v) is 2.08. The maximum atomic E-state index is 12.2. The number of rotatable bonds is 7. The summed E-state index contributed by atoms with van der Waals surface area (Å²) in [5.74, 6) is -0.921. The highest BCUT2D eigenvalue weighted by molar-refractivity contribution is 5.98. The lowest BCUT2D eigenvalue weighted by Crippen LogP contribution is -2.15. The summed E-state index contributed by atoms with van der Waals surface area (Å²) < 4.78 is 4.68. The van der Waals surface area contributed by atoms with E-state index in [4.69, 9.17) is 5.73 Å². The number of ketones is 1. The SMILES string of the molecule is C=CC(C(=O)CCCC)c1cccc(C(=O)OC)c1N. The van der Waals surface area contributed by atoms with Crippen LogP contribution in [0.1, 0.15) is 48.0 Å². The Kier molecular flexibility index (Phi) is 5.97. The first-order valence-corrected chi connectivity index (χ1v) is 6.68. The molecule has 1 aromatic carbocycles. The number of ether oxygens (including phenoxy) is 1. The number of hydrogen-bond acceptors (Lipinski definition) is 4. The van der Waals surface area contributed by atoms with E-state index >= 15 is 0 Å². The van der Waals surface area contributed by atoms with Gasteiger partial charge < -0.3 is 10.5 Å². The number of esters is 1. The first kappa shape index (κ1) is 16.0. The van der Waals surface area contributed by atoms with Crippen molar-refractivity contribution in [1.29, 1.82) is 0 Å². The van der Waals surface area contributed by atoms with Gasteiger partial charge in [-0.1, -0.05) is 31.6 Å². The lowest BCUT2D eigenvalue weighted by atomic mass is 9.89. The molecule has 0 radical (unpaired) electrons. The molecular formula is C16H21NO3. The van der Waals surface area contributed by atoms with E-state index in [1.54, 1.807) is 24.3 Å². The summed E-state index contributed by atoms with van der Waals surface area (Å²) in [5.41, 5.74) is 7.18. The summed E-state index contributed by atoms with van der Waals surface area (Å²) in [6.07, 6.45) is 3.84. The third-order valence-electron chi connectivity index (χ3n) is 3.24. The van der Waals surface area contributed by atoms with Crippen LogP contribution in [0.15, 0.2) is 30.9 Å². The summed E-state index contributed by atoms with van der Waals surface area (Å²) in [6.45, 7) is 5.74. The van der Waals surface area contributed by atoms with Gasteiger partial charge in [0.15, 0.2) is 0 Å². The van der Waals surface area contributed by atoms with Crippen LogP contribution in [0.4, 0.5) is 5.69 Å². The highest BCUT2D eigenvalue weighted by atomic mass is 16.5. The van der Waals surface area contributed by atoms with Crippen molar-refractivity contribution in [2.45, 2.75) is 32.1 Å². The molecule has 0 bridgehead atoms. The Hall–Kier alpha value is -2.10. The Morgan fingerprint density at radius 3 is 2.70 bits per heavy atom. The van der Waals surface area contributed by atoms with Crippen LogP contribution in [0.5, 0.6) is 0 Å². The van der Waals surface area contributed by atoms with Gasteiger partial charge in [-0.25, -0.2) is 4.79 Å². The van der Waals surface area contributed by atoms with Crippen LogP contribution >= 0.6 is 0 Å². The molecule has 4 nitrogen and oxygen atoms in total. The number of methoxy groups -OCH3 is 1. The smallest absolute Gasteiger partial charge is 0.339 e. The molecule has 108 valence electrons. The van der Waals surface area contributed by atoms with Gasteiger partial charge in [-0.15, -0.1) is 6.58 Å². The van der Waals surface area contributed by atoms with Crippen LogP contribution in [-0.2, 0) is 9.53 Å². The molecule has 1 rings (SSSR count). The van der Waals surface area contributed by atoms with Crippen molar-refractivity contribution >= 4 is 17.4 Å². The van der Waals surface area contributed by atoms with E-state index in [1.165, 1.54) is 7.11 Å². The molecule has 0 aliphatic heterocycles. The normalized spacial score (nSPS) is 11.7. The zero-order valence-corrected chi connectivity index (χ0v) is 12.0. The van der Waals surface area contributed by atoms with Crippen molar-refractivity contribution < 1.29 is 14.3 Å². The van der Waals surface area contributed by atoms with E-state index in [1.807, 2.05) is 6.92 Å². The molecule has 0 spiro atoms. The van der Waals surface area contributed by atoms with Gasteiger partial charge >= 0.3 is 5.97 Å². The summed E-state index contributed by atoms with van der Waals surface area (Å²) in [7, 11) is 1.30. The minimum Gasteiger partial charge on any atom is -0.465 e. The first-order valence-electron chi connectivity index (χ1n) is 6.68. The molecule has 0 saturated heterocycles. The molecule has 20 heavy (non-hydrogen) atoms. The van der Waals surface area contributed by atoms with E-state index in [0.29, 0.717) is 12.0 Å². The number of hydrogen-bond donors (Lipinski definition) is 1. The second-order valence-electron chi connectivity index (χ2n) is 4.58. The van der Waals surface area contributed by atoms with Gasteiger partial charge in [0, 0.05) is 6.42 Å². The molecule has 1 aromatic rings. The Morgan fingerprint density at radius 2 is 2.15 bits per heavy atom. The quantitative estimate of drug-likeness (QED) is 0.471. The fraction of sp³-hybridized carbons (Fsp3) is 0.375.